The highest BCUT2D eigenvalue weighted by molar-refractivity contribution is 6.31. The van der Waals surface area contributed by atoms with E-state index in [-0.39, 0.29) is 17.0 Å². The van der Waals surface area contributed by atoms with Crippen LogP contribution in [0.15, 0.2) is 51.7 Å². The lowest BCUT2D eigenvalue weighted by Crippen LogP contribution is -2.16. The number of hydrogen-bond donors (Lipinski definition) is 1. The molecule has 0 atom stereocenters. The minimum Gasteiger partial charge on any atom is -0.450 e. The Labute approximate surface area is 150 Å². The van der Waals surface area contributed by atoms with E-state index in [2.05, 4.69) is 5.32 Å². The highest BCUT2D eigenvalue weighted by atomic mass is 35.5. The van der Waals surface area contributed by atoms with Crippen molar-refractivity contribution in [2.75, 3.05) is 5.32 Å². The van der Waals surface area contributed by atoms with Crippen molar-refractivity contribution < 1.29 is 22.4 Å². The molecule has 8 heteroatoms. The van der Waals surface area contributed by atoms with E-state index in [1.807, 2.05) is 0 Å². The molecule has 2 aromatic carbocycles. The van der Waals surface area contributed by atoms with Gasteiger partial charge in [0.15, 0.2) is 11.2 Å². The van der Waals surface area contributed by atoms with E-state index in [1.165, 1.54) is 6.07 Å². The van der Waals surface area contributed by atoms with Gasteiger partial charge in [0.1, 0.15) is 5.58 Å². The summed E-state index contributed by atoms with van der Waals surface area (Å²) in [5.41, 5.74) is -0.725. The second kappa shape index (κ2) is 6.49. The summed E-state index contributed by atoms with van der Waals surface area (Å²) in [4.78, 5) is 24.4. The van der Waals surface area contributed by atoms with Gasteiger partial charge in [-0.25, -0.2) is 0 Å². The average Bonchev–Trinajstić information content (AvgIpc) is 2.56. The number of alkyl halides is 3. The van der Waals surface area contributed by atoms with Crippen LogP contribution in [0.25, 0.3) is 11.0 Å². The summed E-state index contributed by atoms with van der Waals surface area (Å²) in [5.74, 6) is -1.15. The third-order valence-electron chi connectivity index (χ3n) is 3.70. The number of nitrogens with one attached hydrogen (secondary N) is 1. The number of amides is 1. The van der Waals surface area contributed by atoms with Crippen molar-refractivity contribution in [3.8, 4) is 0 Å². The van der Waals surface area contributed by atoms with Crippen LogP contribution in [0.2, 0.25) is 5.02 Å². The lowest BCUT2D eigenvalue weighted by Gasteiger charge is -2.11. The molecule has 26 heavy (non-hydrogen) atoms. The molecule has 0 aliphatic rings. The van der Waals surface area contributed by atoms with Crippen LogP contribution < -0.4 is 10.7 Å². The fraction of sp³-hybridized carbons (Fsp3) is 0.111. The zero-order chi connectivity index (χ0) is 19.1. The number of rotatable bonds is 2. The van der Waals surface area contributed by atoms with Crippen molar-refractivity contribution in [3.63, 3.8) is 0 Å². The maximum atomic E-state index is 12.9. The Bertz CT molecular complexity index is 1070. The van der Waals surface area contributed by atoms with Crippen molar-refractivity contribution in [2.24, 2.45) is 0 Å². The Hall–Kier alpha value is -2.80. The summed E-state index contributed by atoms with van der Waals surface area (Å²) < 4.78 is 44.2. The van der Waals surface area contributed by atoms with Gasteiger partial charge >= 0.3 is 6.18 Å². The Kier molecular flexibility index (Phi) is 4.50. The number of benzene rings is 2. The number of hydrogen-bond acceptors (Lipinski definition) is 3. The van der Waals surface area contributed by atoms with Crippen LogP contribution in [0, 0.1) is 6.92 Å². The van der Waals surface area contributed by atoms with Crippen LogP contribution >= 0.6 is 11.6 Å². The van der Waals surface area contributed by atoms with Crippen LogP contribution in [-0.2, 0) is 6.18 Å². The fourth-order valence-corrected chi connectivity index (χ4v) is 2.67. The standard InChI is InChI=1S/C18H11ClF3NO3/c1-9-3-2-4-11-14(24)8-15(26-16(9)11)17(25)23-10-5-6-13(19)12(7-10)18(20,21)22/h2-8H,1H3,(H,23,25). The van der Waals surface area contributed by atoms with E-state index in [9.17, 15) is 22.8 Å². The Morgan fingerprint density at radius 1 is 1.15 bits per heavy atom. The van der Waals surface area contributed by atoms with E-state index in [4.69, 9.17) is 16.0 Å². The molecule has 0 spiro atoms. The summed E-state index contributed by atoms with van der Waals surface area (Å²) in [6, 6.07) is 8.91. The quantitative estimate of drug-likeness (QED) is 0.677. The number of aryl methyl sites for hydroxylation is 1. The van der Waals surface area contributed by atoms with Crippen molar-refractivity contribution in [2.45, 2.75) is 13.1 Å². The summed E-state index contributed by atoms with van der Waals surface area (Å²) in [5, 5.41) is 2.11. The minimum absolute atomic E-state index is 0.126. The summed E-state index contributed by atoms with van der Waals surface area (Å²) in [6.07, 6.45) is -4.66. The first-order chi connectivity index (χ1) is 12.2. The van der Waals surface area contributed by atoms with Crippen LogP contribution in [0.5, 0.6) is 0 Å². The van der Waals surface area contributed by atoms with E-state index in [0.717, 1.165) is 12.1 Å². The topological polar surface area (TPSA) is 59.3 Å². The van der Waals surface area contributed by atoms with Gasteiger partial charge < -0.3 is 9.73 Å². The Balaban J connectivity index is 1.98. The van der Waals surface area contributed by atoms with Gasteiger partial charge in [-0.1, -0.05) is 23.7 Å². The second-order valence-electron chi connectivity index (χ2n) is 5.57. The number of fused-ring (bicyclic) bond motifs is 1. The van der Waals surface area contributed by atoms with Gasteiger partial charge in [-0.3, -0.25) is 9.59 Å². The molecule has 0 unspecified atom stereocenters. The first-order valence-electron chi connectivity index (χ1n) is 7.38. The van der Waals surface area contributed by atoms with Crippen LogP contribution in [0.1, 0.15) is 21.7 Å². The second-order valence-corrected chi connectivity index (χ2v) is 5.98. The van der Waals surface area contributed by atoms with Crippen molar-refractivity contribution in [1.29, 1.82) is 0 Å². The predicted molar refractivity (Wildman–Crippen MR) is 91.6 cm³/mol. The first kappa shape index (κ1) is 18.0. The highest BCUT2D eigenvalue weighted by Gasteiger charge is 2.33. The van der Waals surface area contributed by atoms with Gasteiger partial charge in [0.25, 0.3) is 5.91 Å². The molecule has 3 rings (SSSR count). The van der Waals surface area contributed by atoms with Crippen molar-refractivity contribution >= 4 is 34.2 Å². The van der Waals surface area contributed by atoms with Crippen LogP contribution in [0.3, 0.4) is 0 Å². The molecule has 0 fully saturated rings. The number of halogens is 4. The highest BCUT2D eigenvalue weighted by Crippen LogP contribution is 2.36. The van der Waals surface area contributed by atoms with Crippen LogP contribution in [-0.4, -0.2) is 5.91 Å². The predicted octanol–water partition coefficient (Wildman–Crippen LogP) is 5.03. The SMILES string of the molecule is Cc1cccc2c(=O)cc(C(=O)Nc3ccc(Cl)c(C(F)(F)F)c3)oc12. The van der Waals surface area contributed by atoms with E-state index >= 15 is 0 Å². The molecule has 0 saturated carbocycles. The lowest BCUT2D eigenvalue weighted by molar-refractivity contribution is -0.137. The number of carbonyl (C=O) groups excluding carboxylic acids is 1. The molecular weight excluding hydrogens is 371 g/mol. The lowest BCUT2D eigenvalue weighted by atomic mass is 10.1. The minimum atomic E-state index is -4.66. The summed E-state index contributed by atoms with van der Waals surface area (Å²) >= 11 is 5.55. The van der Waals surface area contributed by atoms with Gasteiger partial charge in [0.05, 0.1) is 16.0 Å². The molecule has 1 amide bonds. The number of carbonyl (C=O) groups is 1. The molecule has 0 aliphatic heterocycles. The van der Waals surface area contributed by atoms with Gasteiger partial charge in [-0.15, -0.1) is 0 Å². The average molecular weight is 382 g/mol. The van der Waals surface area contributed by atoms with Gasteiger partial charge in [0, 0.05) is 11.8 Å². The first-order valence-corrected chi connectivity index (χ1v) is 7.76. The van der Waals surface area contributed by atoms with Crippen LogP contribution in [0.4, 0.5) is 18.9 Å². The molecule has 1 aromatic heterocycles. The third-order valence-corrected chi connectivity index (χ3v) is 4.03. The molecular formula is C18H11ClF3NO3. The number of para-hydroxylation sites is 1. The fourth-order valence-electron chi connectivity index (χ4n) is 2.44. The zero-order valence-corrected chi connectivity index (χ0v) is 14.0. The molecule has 134 valence electrons. The zero-order valence-electron chi connectivity index (χ0n) is 13.3. The molecule has 3 aromatic rings. The van der Waals surface area contributed by atoms with Gasteiger partial charge in [0.2, 0.25) is 0 Å². The summed E-state index contributed by atoms with van der Waals surface area (Å²) in [7, 11) is 0. The molecule has 1 N–H and O–H groups in total. The van der Waals surface area contributed by atoms with E-state index in [0.29, 0.717) is 17.0 Å². The smallest absolute Gasteiger partial charge is 0.417 e. The monoisotopic (exact) mass is 381 g/mol. The van der Waals surface area contributed by atoms with Crippen molar-refractivity contribution in [1.82, 2.24) is 0 Å². The maximum Gasteiger partial charge on any atom is 0.417 e. The third kappa shape index (κ3) is 3.43. The molecule has 0 bridgehead atoms. The maximum absolute atomic E-state index is 12.9. The Morgan fingerprint density at radius 2 is 1.88 bits per heavy atom. The molecule has 0 radical (unpaired) electrons. The molecule has 0 aliphatic carbocycles. The molecule has 4 nitrogen and oxygen atoms in total. The molecule has 0 saturated heterocycles. The molecule has 1 heterocycles. The van der Waals surface area contributed by atoms with E-state index in [1.54, 1.807) is 25.1 Å². The van der Waals surface area contributed by atoms with Crippen molar-refractivity contribution in [3.05, 3.63) is 74.6 Å². The Morgan fingerprint density at radius 3 is 2.58 bits per heavy atom. The normalized spacial score (nSPS) is 11.6. The van der Waals surface area contributed by atoms with Gasteiger partial charge in [-0.2, -0.15) is 13.2 Å². The largest absolute Gasteiger partial charge is 0.450 e. The summed E-state index contributed by atoms with van der Waals surface area (Å²) in [6.45, 7) is 1.71. The van der Waals surface area contributed by atoms with E-state index < -0.39 is 28.1 Å². The number of anilines is 1. The van der Waals surface area contributed by atoms with Gasteiger partial charge in [-0.05, 0) is 36.8 Å².